The van der Waals surface area contributed by atoms with Crippen LogP contribution in [0.4, 0.5) is 0 Å². The normalized spacial score (nSPS) is 14.0. The Morgan fingerprint density at radius 2 is 1.71 bits per heavy atom. The number of benzene rings is 1. The van der Waals surface area contributed by atoms with Crippen molar-refractivity contribution in [3.63, 3.8) is 0 Å². The van der Waals surface area contributed by atoms with Gasteiger partial charge in [0, 0.05) is 35.0 Å². The van der Waals surface area contributed by atoms with Gasteiger partial charge in [-0.15, -0.1) is 0 Å². The summed E-state index contributed by atoms with van der Waals surface area (Å²) in [5, 5.41) is 0. The zero-order chi connectivity index (χ0) is 13.1. The molecule has 1 rings (SSSR count). The molecule has 96 valence electrons. The highest BCUT2D eigenvalue weighted by atomic mass is 32.2. The molecule has 0 aliphatic carbocycles. The summed E-state index contributed by atoms with van der Waals surface area (Å²) >= 11 is 0. The predicted molar refractivity (Wildman–Crippen MR) is 74.6 cm³/mol. The van der Waals surface area contributed by atoms with E-state index in [0.717, 1.165) is 18.0 Å². The summed E-state index contributed by atoms with van der Waals surface area (Å²) in [6, 6.07) is 8.04. The lowest BCUT2D eigenvalue weighted by atomic mass is 9.96. The van der Waals surface area contributed by atoms with Crippen LogP contribution >= 0.6 is 0 Å². The minimum Gasteiger partial charge on any atom is -0.302 e. The summed E-state index contributed by atoms with van der Waals surface area (Å²) in [5.41, 5.74) is 1.59. The highest BCUT2D eigenvalue weighted by Gasteiger charge is 2.13. The first kappa shape index (κ1) is 14.4. The maximum Gasteiger partial charge on any atom is 0.0498 e. The van der Waals surface area contributed by atoms with Crippen molar-refractivity contribution in [1.29, 1.82) is 0 Å². The second-order valence-corrected chi connectivity index (χ2v) is 7.21. The molecule has 0 saturated carbocycles. The minimum absolute atomic E-state index is 0.319. The number of nitrogens with zero attached hydrogens (tertiary/aromatic N) is 1. The van der Waals surface area contributed by atoms with E-state index in [0.29, 0.717) is 5.41 Å². The fourth-order valence-corrected chi connectivity index (χ4v) is 2.48. The Bertz CT molecular complexity index is 378. The molecule has 0 saturated heterocycles. The molecule has 0 bridgehead atoms. The van der Waals surface area contributed by atoms with Crippen LogP contribution in [0, 0.1) is 5.41 Å². The van der Waals surface area contributed by atoms with Gasteiger partial charge in [-0.3, -0.25) is 4.21 Å². The Balaban J connectivity index is 2.60. The van der Waals surface area contributed by atoms with Crippen molar-refractivity contribution in [2.24, 2.45) is 5.41 Å². The van der Waals surface area contributed by atoms with Crippen LogP contribution in [-0.4, -0.2) is 29.0 Å². The standard InChI is InChI=1S/C14H23NOS/c1-14(2,3)11-15(4)10-12-6-8-13(9-7-12)17(5)16/h6-9H,10-11H2,1-5H3/t17-/m1/s1. The van der Waals surface area contributed by atoms with Gasteiger partial charge in [-0.25, -0.2) is 0 Å². The summed E-state index contributed by atoms with van der Waals surface area (Å²) in [6.45, 7) is 8.73. The van der Waals surface area contributed by atoms with Crippen molar-refractivity contribution >= 4 is 10.8 Å². The first-order chi connectivity index (χ1) is 7.78. The number of hydrogen-bond donors (Lipinski definition) is 0. The molecule has 3 heteroatoms. The summed E-state index contributed by atoms with van der Waals surface area (Å²) in [4.78, 5) is 3.21. The van der Waals surface area contributed by atoms with Gasteiger partial charge in [-0.2, -0.15) is 0 Å². The smallest absolute Gasteiger partial charge is 0.0498 e. The predicted octanol–water partition coefficient (Wildman–Crippen LogP) is 2.90. The molecular weight excluding hydrogens is 230 g/mol. The molecule has 0 amide bonds. The average molecular weight is 253 g/mol. The molecule has 0 aliphatic rings. The SMILES string of the molecule is CN(Cc1ccc([S@@](C)=O)cc1)CC(C)(C)C. The van der Waals surface area contributed by atoms with Crippen LogP contribution in [0.2, 0.25) is 0 Å². The first-order valence-electron chi connectivity index (χ1n) is 5.89. The summed E-state index contributed by atoms with van der Waals surface area (Å²) < 4.78 is 11.3. The van der Waals surface area contributed by atoms with Crippen LogP contribution in [0.15, 0.2) is 29.2 Å². The molecule has 0 unspecified atom stereocenters. The zero-order valence-corrected chi connectivity index (χ0v) is 12.3. The third-order valence-corrected chi connectivity index (χ3v) is 3.39. The van der Waals surface area contributed by atoms with Gasteiger partial charge in [0.05, 0.1) is 0 Å². The third-order valence-electron chi connectivity index (χ3n) is 2.45. The van der Waals surface area contributed by atoms with Crippen LogP contribution in [0.3, 0.4) is 0 Å². The van der Waals surface area contributed by atoms with E-state index in [4.69, 9.17) is 0 Å². The van der Waals surface area contributed by atoms with Gasteiger partial charge in [0.1, 0.15) is 0 Å². The first-order valence-corrected chi connectivity index (χ1v) is 7.45. The van der Waals surface area contributed by atoms with Crippen LogP contribution in [0.25, 0.3) is 0 Å². The molecule has 0 aliphatic heterocycles. The Kier molecular flexibility index (Phi) is 4.90. The zero-order valence-electron chi connectivity index (χ0n) is 11.5. The van der Waals surface area contributed by atoms with E-state index in [1.165, 1.54) is 5.56 Å². The van der Waals surface area contributed by atoms with Gasteiger partial charge in [0.25, 0.3) is 0 Å². The average Bonchev–Trinajstić information content (AvgIpc) is 2.15. The second-order valence-electron chi connectivity index (χ2n) is 5.83. The summed E-state index contributed by atoms with van der Waals surface area (Å²) in [7, 11) is 1.26. The summed E-state index contributed by atoms with van der Waals surface area (Å²) in [5.74, 6) is 0. The van der Waals surface area contributed by atoms with Crippen LogP contribution < -0.4 is 0 Å². The van der Waals surface area contributed by atoms with Crippen molar-refractivity contribution in [2.75, 3.05) is 19.8 Å². The molecule has 0 N–H and O–H groups in total. The van der Waals surface area contributed by atoms with Gasteiger partial charge in [-0.05, 0) is 30.2 Å². The number of rotatable bonds is 4. The maximum absolute atomic E-state index is 11.3. The Hall–Kier alpha value is -0.670. The molecule has 1 atom stereocenters. The topological polar surface area (TPSA) is 20.3 Å². The van der Waals surface area contributed by atoms with E-state index in [1.54, 1.807) is 6.26 Å². The van der Waals surface area contributed by atoms with E-state index in [2.05, 4.69) is 44.9 Å². The minimum atomic E-state index is -0.879. The highest BCUT2D eigenvalue weighted by molar-refractivity contribution is 7.84. The van der Waals surface area contributed by atoms with Gasteiger partial charge in [-0.1, -0.05) is 32.9 Å². The van der Waals surface area contributed by atoms with E-state index in [-0.39, 0.29) is 0 Å². The largest absolute Gasteiger partial charge is 0.302 e. The van der Waals surface area contributed by atoms with Crippen LogP contribution in [0.1, 0.15) is 26.3 Å². The molecular formula is C14H23NOS. The molecule has 17 heavy (non-hydrogen) atoms. The van der Waals surface area contributed by atoms with E-state index in [1.807, 2.05) is 12.1 Å². The molecule has 1 aromatic rings. The van der Waals surface area contributed by atoms with Crippen molar-refractivity contribution in [2.45, 2.75) is 32.2 Å². The monoisotopic (exact) mass is 253 g/mol. The fourth-order valence-electron chi connectivity index (χ4n) is 1.96. The second kappa shape index (κ2) is 5.78. The van der Waals surface area contributed by atoms with Gasteiger partial charge in [0.2, 0.25) is 0 Å². The van der Waals surface area contributed by atoms with Crippen LogP contribution in [0.5, 0.6) is 0 Å². The van der Waals surface area contributed by atoms with E-state index < -0.39 is 10.8 Å². The fraction of sp³-hybridized carbons (Fsp3) is 0.571. The quantitative estimate of drug-likeness (QED) is 0.822. The lowest BCUT2D eigenvalue weighted by Crippen LogP contribution is -2.28. The van der Waals surface area contributed by atoms with Crippen molar-refractivity contribution in [3.8, 4) is 0 Å². The summed E-state index contributed by atoms with van der Waals surface area (Å²) in [6.07, 6.45) is 1.71. The maximum atomic E-state index is 11.3. The highest BCUT2D eigenvalue weighted by Crippen LogP contribution is 2.16. The number of hydrogen-bond acceptors (Lipinski definition) is 2. The molecule has 0 radical (unpaired) electrons. The lowest BCUT2D eigenvalue weighted by molar-refractivity contribution is 0.221. The Morgan fingerprint density at radius 3 is 2.12 bits per heavy atom. The molecule has 2 nitrogen and oxygen atoms in total. The van der Waals surface area contributed by atoms with E-state index >= 15 is 0 Å². The molecule has 0 aromatic heterocycles. The van der Waals surface area contributed by atoms with Crippen LogP contribution in [-0.2, 0) is 17.3 Å². The van der Waals surface area contributed by atoms with Crippen molar-refractivity contribution < 1.29 is 4.21 Å². The van der Waals surface area contributed by atoms with Gasteiger partial charge < -0.3 is 4.90 Å². The van der Waals surface area contributed by atoms with Gasteiger partial charge in [0.15, 0.2) is 0 Å². The van der Waals surface area contributed by atoms with Crippen molar-refractivity contribution in [3.05, 3.63) is 29.8 Å². The third kappa shape index (κ3) is 5.46. The Morgan fingerprint density at radius 1 is 1.18 bits per heavy atom. The Labute approximate surface area is 107 Å². The molecule has 0 spiro atoms. The molecule has 0 fully saturated rings. The lowest BCUT2D eigenvalue weighted by Gasteiger charge is -2.26. The molecule has 0 heterocycles. The molecule has 1 aromatic carbocycles. The van der Waals surface area contributed by atoms with Crippen molar-refractivity contribution in [1.82, 2.24) is 4.90 Å². The van der Waals surface area contributed by atoms with E-state index in [9.17, 15) is 4.21 Å². The van der Waals surface area contributed by atoms with Gasteiger partial charge >= 0.3 is 0 Å².